The second-order valence-electron chi connectivity index (χ2n) is 7.67. The maximum atomic E-state index is 13.2. The maximum Gasteiger partial charge on any atom is 0.356 e. The number of anilines is 1. The Labute approximate surface area is 196 Å². The molecule has 0 unspecified atom stereocenters. The van der Waals surface area contributed by atoms with Gasteiger partial charge in [-0.05, 0) is 43.7 Å². The molecule has 1 aromatic carbocycles. The first kappa shape index (κ1) is 25.0. The van der Waals surface area contributed by atoms with Gasteiger partial charge in [0.15, 0.2) is 5.69 Å². The molecule has 0 fully saturated rings. The number of sulfonamides is 1. The number of amides is 1. The van der Waals surface area contributed by atoms with Crippen LogP contribution in [-0.4, -0.2) is 35.2 Å². The number of nitrogens with one attached hydrogen (secondary N) is 2. The van der Waals surface area contributed by atoms with Gasteiger partial charge in [-0.15, -0.1) is 0 Å². The van der Waals surface area contributed by atoms with Gasteiger partial charge in [-0.2, -0.15) is 5.10 Å². The third kappa shape index (κ3) is 5.46. The van der Waals surface area contributed by atoms with E-state index in [1.54, 1.807) is 19.1 Å². The molecular formula is C22H26N4O7S. The van der Waals surface area contributed by atoms with Gasteiger partial charge in [-0.25, -0.2) is 22.6 Å². The first-order chi connectivity index (χ1) is 16.0. The summed E-state index contributed by atoms with van der Waals surface area (Å²) < 4.78 is 41.0. The molecule has 1 atom stereocenters. The zero-order valence-electron chi connectivity index (χ0n) is 19.2. The van der Waals surface area contributed by atoms with Crippen LogP contribution in [0.4, 0.5) is 5.69 Å². The highest BCUT2D eigenvalue weighted by atomic mass is 32.2. The van der Waals surface area contributed by atoms with E-state index in [0.29, 0.717) is 12.2 Å². The fourth-order valence-electron chi connectivity index (χ4n) is 3.05. The summed E-state index contributed by atoms with van der Waals surface area (Å²) in [5.74, 6) is -1.36. The molecule has 0 saturated carbocycles. The van der Waals surface area contributed by atoms with Crippen LogP contribution in [-0.2, 0) is 28.4 Å². The number of carboxylic acid groups (broad SMARTS) is 1. The predicted molar refractivity (Wildman–Crippen MR) is 122 cm³/mol. The van der Waals surface area contributed by atoms with Gasteiger partial charge in [0.05, 0.1) is 12.8 Å². The minimum Gasteiger partial charge on any atom is -0.476 e. The Balaban J connectivity index is 2.01. The number of carboxylic acids is 1. The molecule has 0 spiro atoms. The molecule has 0 aliphatic carbocycles. The number of ether oxygens (including phenoxy) is 1. The van der Waals surface area contributed by atoms with Crippen molar-refractivity contribution in [1.82, 2.24) is 14.5 Å². The Morgan fingerprint density at radius 3 is 2.62 bits per heavy atom. The van der Waals surface area contributed by atoms with Gasteiger partial charge in [0, 0.05) is 24.2 Å². The second kappa shape index (κ2) is 10.1. The van der Waals surface area contributed by atoms with Crippen LogP contribution < -0.4 is 14.8 Å². The van der Waals surface area contributed by atoms with Crippen molar-refractivity contribution in [2.75, 3.05) is 5.32 Å². The number of aromatic carboxylic acids is 1. The summed E-state index contributed by atoms with van der Waals surface area (Å²) in [7, 11) is -2.65. The molecule has 11 nitrogen and oxygen atoms in total. The lowest BCUT2D eigenvalue weighted by molar-refractivity contribution is -0.119. The summed E-state index contributed by atoms with van der Waals surface area (Å²) in [5.41, 5.74) is 0.287. The van der Waals surface area contributed by atoms with Crippen LogP contribution in [0.5, 0.6) is 11.6 Å². The molecule has 34 heavy (non-hydrogen) atoms. The van der Waals surface area contributed by atoms with Crippen molar-refractivity contribution in [2.24, 2.45) is 13.0 Å². The van der Waals surface area contributed by atoms with Crippen molar-refractivity contribution < 1.29 is 32.3 Å². The monoisotopic (exact) mass is 490 g/mol. The van der Waals surface area contributed by atoms with Crippen molar-refractivity contribution in [3.8, 4) is 11.6 Å². The van der Waals surface area contributed by atoms with E-state index < -0.39 is 16.0 Å². The normalized spacial score (nSPS) is 12.4. The van der Waals surface area contributed by atoms with Gasteiger partial charge < -0.3 is 19.6 Å². The Hall–Kier alpha value is -3.64. The van der Waals surface area contributed by atoms with Gasteiger partial charge in [-0.1, -0.05) is 13.8 Å². The molecule has 3 N–H and O–H groups in total. The number of rotatable bonds is 10. The molecule has 3 aromatic rings. The molecule has 2 heterocycles. The standard InChI is InChI=1S/C22H26N4O7S/c1-5-13(2)20(27)24-15-8-9-17(33-21-14(3)19(22(28)29)25-26(21)4)18(11-15)34(30,31)23-12-16-7-6-10-32-16/h6-11,13,23H,5,12H2,1-4H3,(H,24,27)(H,28,29)/t13-/m1/s1. The Kier molecular flexibility index (Phi) is 7.42. The predicted octanol–water partition coefficient (Wildman–Crippen LogP) is 3.28. The number of hydrogen-bond donors (Lipinski definition) is 3. The molecule has 182 valence electrons. The summed E-state index contributed by atoms with van der Waals surface area (Å²) in [6.45, 7) is 5.04. The SMILES string of the molecule is CC[C@@H](C)C(=O)Nc1ccc(Oc2c(C)c(C(=O)O)nn2C)c(S(=O)(=O)NCc2ccco2)c1. The van der Waals surface area contributed by atoms with E-state index in [4.69, 9.17) is 9.15 Å². The number of aromatic nitrogens is 2. The van der Waals surface area contributed by atoms with Crippen LogP contribution in [0.1, 0.15) is 42.1 Å². The van der Waals surface area contributed by atoms with Crippen LogP contribution >= 0.6 is 0 Å². The number of carbonyl (C=O) groups excluding carboxylic acids is 1. The van der Waals surface area contributed by atoms with Gasteiger partial charge in [0.25, 0.3) is 0 Å². The Morgan fingerprint density at radius 1 is 1.29 bits per heavy atom. The van der Waals surface area contributed by atoms with Crippen LogP contribution in [0.25, 0.3) is 0 Å². The number of furan rings is 1. The van der Waals surface area contributed by atoms with Crippen molar-refractivity contribution in [3.05, 3.63) is 53.6 Å². The lowest BCUT2D eigenvalue weighted by Crippen LogP contribution is -2.24. The van der Waals surface area contributed by atoms with E-state index in [9.17, 15) is 23.1 Å². The summed E-state index contributed by atoms with van der Waals surface area (Å²) in [6, 6.07) is 7.43. The quantitative estimate of drug-likeness (QED) is 0.391. The first-order valence-corrected chi connectivity index (χ1v) is 11.9. The molecule has 12 heteroatoms. The zero-order chi connectivity index (χ0) is 25.0. The highest BCUT2D eigenvalue weighted by molar-refractivity contribution is 7.89. The largest absolute Gasteiger partial charge is 0.476 e. The summed E-state index contributed by atoms with van der Waals surface area (Å²) in [4.78, 5) is 23.5. The molecule has 0 aliphatic rings. The van der Waals surface area contributed by atoms with Crippen LogP contribution in [0.3, 0.4) is 0 Å². The van der Waals surface area contributed by atoms with Gasteiger partial charge in [0.1, 0.15) is 16.4 Å². The van der Waals surface area contributed by atoms with E-state index in [1.807, 2.05) is 6.92 Å². The molecule has 2 aromatic heterocycles. The van der Waals surface area contributed by atoms with Crippen molar-refractivity contribution in [2.45, 2.75) is 38.6 Å². The number of nitrogens with zero attached hydrogens (tertiary/aromatic N) is 2. The number of carbonyl (C=O) groups is 2. The molecule has 0 bridgehead atoms. The minimum absolute atomic E-state index is 0.0660. The van der Waals surface area contributed by atoms with Gasteiger partial charge in [0.2, 0.25) is 21.8 Å². The van der Waals surface area contributed by atoms with E-state index >= 15 is 0 Å². The maximum absolute atomic E-state index is 13.2. The van der Waals surface area contributed by atoms with Crippen LogP contribution in [0.2, 0.25) is 0 Å². The lowest BCUT2D eigenvalue weighted by atomic mass is 10.1. The fraction of sp³-hybridized carbons (Fsp3) is 0.318. The van der Waals surface area contributed by atoms with Crippen molar-refractivity contribution in [3.63, 3.8) is 0 Å². The summed E-state index contributed by atoms with van der Waals surface area (Å²) >= 11 is 0. The summed E-state index contributed by atoms with van der Waals surface area (Å²) in [6.07, 6.45) is 2.04. The van der Waals surface area contributed by atoms with Crippen LogP contribution in [0, 0.1) is 12.8 Å². The van der Waals surface area contributed by atoms with E-state index in [-0.39, 0.29) is 51.8 Å². The Morgan fingerprint density at radius 2 is 2.03 bits per heavy atom. The van der Waals surface area contributed by atoms with Crippen molar-refractivity contribution in [1.29, 1.82) is 0 Å². The Bertz CT molecular complexity index is 1300. The van der Waals surface area contributed by atoms with Crippen LogP contribution in [0.15, 0.2) is 45.9 Å². The molecule has 0 radical (unpaired) electrons. The van der Waals surface area contributed by atoms with E-state index in [2.05, 4.69) is 15.1 Å². The highest BCUT2D eigenvalue weighted by Crippen LogP contribution is 2.34. The van der Waals surface area contributed by atoms with Crippen molar-refractivity contribution >= 4 is 27.6 Å². The minimum atomic E-state index is -4.14. The van der Waals surface area contributed by atoms with Gasteiger partial charge in [-0.3, -0.25) is 4.79 Å². The molecule has 3 rings (SSSR count). The molecule has 1 amide bonds. The number of aryl methyl sites for hydroxylation is 1. The topological polar surface area (TPSA) is 153 Å². The average molecular weight is 491 g/mol. The van der Waals surface area contributed by atoms with Gasteiger partial charge >= 0.3 is 5.97 Å². The molecule has 0 saturated heterocycles. The molecular weight excluding hydrogens is 464 g/mol. The highest BCUT2D eigenvalue weighted by Gasteiger charge is 2.25. The summed E-state index contributed by atoms with van der Waals surface area (Å²) in [5, 5.41) is 15.9. The number of hydrogen-bond acceptors (Lipinski definition) is 7. The van der Waals surface area contributed by atoms with E-state index in [1.165, 1.54) is 43.1 Å². The third-order valence-electron chi connectivity index (χ3n) is 5.21. The lowest BCUT2D eigenvalue weighted by Gasteiger charge is -2.16. The third-order valence-corrected chi connectivity index (χ3v) is 6.63. The first-order valence-electron chi connectivity index (χ1n) is 10.4. The average Bonchev–Trinajstić information content (AvgIpc) is 3.41. The second-order valence-corrected chi connectivity index (χ2v) is 9.41. The number of benzene rings is 1. The zero-order valence-corrected chi connectivity index (χ0v) is 20.0. The smallest absolute Gasteiger partial charge is 0.356 e. The van der Waals surface area contributed by atoms with E-state index in [0.717, 1.165) is 0 Å². The fourth-order valence-corrected chi connectivity index (χ4v) is 4.20. The molecule has 0 aliphatic heterocycles.